The molecular formula is C11H13BrN2O2S. The smallest absolute Gasteiger partial charge is 0.273 e. The SMILES string of the molecule is O=C(NNC(=O)C1CCCC1)c1ccc(Br)s1. The van der Waals surface area contributed by atoms with E-state index in [-0.39, 0.29) is 17.7 Å². The van der Waals surface area contributed by atoms with Crippen molar-refractivity contribution in [2.75, 3.05) is 0 Å². The highest BCUT2D eigenvalue weighted by atomic mass is 79.9. The highest BCUT2D eigenvalue weighted by Gasteiger charge is 2.23. The maximum atomic E-state index is 11.7. The third kappa shape index (κ3) is 3.29. The highest BCUT2D eigenvalue weighted by Crippen LogP contribution is 2.24. The van der Waals surface area contributed by atoms with Crippen LogP contribution < -0.4 is 10.9 Å². The molecular weight excluding hydrogens is 304 g/mol. The summed E-state index contributed by atoms with van der Waals surface area (Å²) >= 11 is 4.62. The Kier molecular flexibility index (Phi) is 4.17. The summed E-state index contributed by atoms with van der Waals surface area (Å²) in [7, 11) is 0. The van der Waals surface area contributed by atoms with Crippen molar-refractivity contribution >= 4 is 39.1 Å². The number of hydrazine groups is 1. The molecule has 0 saturated heterocycles. The van der Waals surface area contributed by atoms with E-state index in [0.717, 1.165) is 29.5 Å². The molecule has 4 nitrogen and oxygen atoms in total. The van der Waals surface area contributed by atoms with Gasteiger partial charge in [0.25, 0.3) is 5.91 Å². The van der Waals surface area contributed by atoms with Crippen molar-refractivity contribution in [2.24, 2.45) is 5.92 Å². The second kappa shape index (κ2) is 5.64. The Bertz CT molecular complexity index is 427. The van der Waals surface area contributed by atoms with E-state index in [1.54, 1.807) is 12.1 Å². The van der Waals surface area contributed by atoms with Crippen LogP contribution in [0.25, 0.3) is 0 Å². The van der Waals surface area contributed by atoms with Crippen molar-refractivity contribution in [3.63, 3.8) is 0 Å². The average molecular weight is 317 g/mol. The van der Waals surface area contributed by atoms with Crippen LogP contribution in [0.2, 0.25) is 0 Å². The van der Waals surface area contributed by atoms with Gasteiger partial charge in [-0.3, -0.25) is 20.4 Å². The van der Waals surface area contributed by atoms with E-state index in [9.17, 15) is 9.59 Å². The van der Waals surface area contributed by atoms with Gasteiger partial charge in [0.1, 0.15) is 0 Å². The summed E-state index contributed by atoms with van der Waals surface area (Å²) < 4.78 is 0.893. The Balaban J connectivity index is 1.81. The van der Waals surface area contributed by atoms with Gasteiger partial charge in [-0.25, -0.2) is 0 Å². The normalized spacial score (nSPS) is 15.8. The van der Waals surface area contributed by atoms with Gasteiger partial charge in [0.15, 0.2) is 0 Å². The van der Waals surface area contributed by atoms with Crippen molar-refractivity contribution in [3.05, 3.63) is 20.8 Å². The molecule has 1 aromatic rings. The van der Waals surface area contributed by atoms with Crippen molar-refractivity contribution in [2.45, 2.75) is 25.7 Å². The quantitative estimate of drug-likeness (QED) is 0.823. The molecule has 0 atom stereocenters. The van der Waals surface area contributed by atoms with Crippen LogP contribution in [0.15, 0.2) is 15.9 Å². The molecule has 2 amide bonds. The van der Waals surface area contributed by atoms with Crippen molar-refractivity contribution in [1.29, 1.82) is 0 Å². The number of hydrogen-bond acceptors (Lipinski definition) is 3. The molecule has 6 heteroatoms. The fourth-order valence-corrected chi connectivity index (χ4v) is 3.19. The predicted octanol–water partition coefficient (Wildman–Crippen LogP) is 2.46. The fourth-order valence-electron chi connectivity index (χ4n) is 1.91. The summed E-state index contributed by atoms with van der Waals surface area (Å²) in [4.78, 5) is 23.9. The molecule has 0 aliphatic heterocycles. The van der Waals surface area contributed by atoms with Crippen LogP contribution in [-0.2, 0) is 4.79 Å². The van der Waals surface area contributed by atoms with E-state index in [1.807, 2.05) is 0 Å². The minimum absolute atomic E-state index is 0.0605. The maximum absolute atomic E-state index is 11.7. The minimum Gasteiger partial charge on any atom is -0.273 e. The Morgan fingerprint density at radius 2 is 1.94 bits per heavy atom. The monoisotopic (exact) mass is 316 g/mol. The fraction of sp³-hybridized carbons (Fsp3) is 0.455. The Labute approximate surface area is 112 Å². The number of carbonyl (C=O) groups is 2. The number of halogens is 1. The van der Waals surface area contributed by atoms with E-state index in [0.29, 0.717) is 4.88 Å². The molecule has 1 saturated carbocycles. The van der Waals surface area contributed by atoms with E-state index in [4.69, 9.17) is 0 Å². The molecule has 0 aromatic carbocycles. The Hall–Kier alpha value is -0.880. The lowest BCUT2D eigenvalue weighted by Crippen LogP contribution is -2.43. The first kappa shape index (κ1) is 12.6. The van der Waals surface area contributed by atoms with Gasteiger partial charge in [-0.1, -0.05) is 12.8 Å². The standard InChI is InChI=1S/C11H13BrN2O2S/c12-9-6-5-8(17-9)11(16)14-13-10(15)7-3-1-2-4-7/h5-7H,1-4H2,(H,13,15)(H,14,16). The summed E-state index contributed by atoms with van der Waals surface area (Å²) in [6, 6.07) is 3.52. The highest BCUT2D eigenvalue weighted by molar-refractivity contribution is 9.11. The molecule has 1 aliphatic carbocycles. The Morgan fingerprint density at radius 3 is 2.53 bits per heavy atom. The van der Waals surface area contributed by atoms with Crippen molar-refractivity contribution in [3.8, 4) is 0 Å². The molecule has 0 unspecified atom stereocenters. The van der Waals surface area contributed by atoms with Crippen LogP contribution in [0.1, 0.15) is 35.4 Å². The molecule has 2 N–H and O–H groups in total. The first-order valence-corrected chi connectivity index (χ1v) is 7.13. The summed E-state index contributed by atoms with van der Waals surface area (Å²) in [6.07, 6.45) is 4.05. The Morgan fingerprint density at radius 1 is 1.24 bits per heavy atom. The van der Waals surface area contributed by atoms with Gasteiger partial charge in [-0.05, 0) is 40.9 Å². The second-order valence-corrected chi connectivity index (χ2v) is 6.49. The number of hydrogen-bond donors (Lipinski definition) is 2. The van der Waals surface area contributed by atoms with Crippen LogP contribution in [-0.4, -0.2) is 11.8 Å². The molecule has 2 rings (SSSR count). The molecule has 17 heavy (non-hydrogen) atoms. The zero-order chi connectivity index (χ0) is 12.3. The number of nitrogens with one attached hydrogen (secondary N) is 2. The molecule has 0 radical (unpaired) electrons. The zero-order valence-electron chi connectivity index (χ0n) is 9.16. The van der Waals surface area contributed by atoms with Gasteiger partial charge >= 0.3 is 0 Å². The molecule has 1 heterocycles. The molecule has 1 aliphatic rings. The predicted molar refractivity (Wildman–Crippen MR) is 69.6 cm³/mol. The lowest BCUT2D eigenvalue weighted by atomic mass is 10.1. The van der Waals surface area contributed by atoms with Crippen LogP contribution in [0, 0.1) is 5.92 Å². The van der Waals surface area contributed by atoms with Gasteiger partial charge in [-0.15, -0.1) is 11.3 Å². The largest absolute Gasteiger partial charge is 0.279 e. The lowest BCUT2D eigenvalue weighted by Gasteiger charge is -2.10. The van der Waals surface area contributed by atoms with Gasteiger partial charge in [0.2, 0.25) is 5.91 Å². The summed E-state index contributed by atoms with van der Waals surface area (Å²) in [6.45, 7) is 0. The minimum atomic E-state index is -0.271. The van der Waals surface area contributed by atoms with E-state index in [1.165, 1.54) is 11.3 Å². The second-order valence-electron chi connectivity index (χ2n) is 4.03. The first-order valence-electron chi connectivity index (χ1n) is 5.52. The summed E-state index contributed by atoms with van der Waals surface area (Å²) in [5.74, 6) is -0.288. The third-order valence-corrected chi connectivity index (χ3v) is 4.44. The number of thiophene rings is 1. The van der Waals surface area contributed by atoms with Crippen LogP contribution in [0.3, 0.4) is 0 Å². The van der Waals surface area contributed by atoms with E-state index in [2.05, 4.69) is 26.8 Å². The van der Waals surface area contributed by atoms with Gasteiger partial charge in [0, 0.05) is 5.92 Å². The first-order chi connectivity index (χ1) is 8.16. The molecule has 0 spiro atoms. The summed E-state index contributed by atoms with van der Waals surface area (Å²) in [5, 5.41) is 0. The van der Waals surface area contributed by atoms with Gasteiger partial charge in [-0.2, -0.15) is 0 Å². The van der Waals surface area contributed by atoms with E-state index < -0.39 is 0 Å². The number of amides is 2. The van der Waals surface area contributed by atoms with Crippen LogP contribution in [0.5, 0.6) is 0 Å². The average Bonchev–Trinajstić information content (AvgIpc) is 2.95. The third-order valence-electron chi connectivity index (χ3n) is 2.82. The lowest BCUT2D eigenvalue weighted by molar-refractivity contribution is -0.125. The summed E-state index contributed by atoms with van der Waals surface area (Å²) in [5.41, 5.74) is 4.93. The van der Waals surface area contributed by atoms with Gasteiger partial charge in [0.05, 0.1) is 8.66 Å². The van der Waals surface area contributed by atoms with Crippen LogP contribution >= 0.6 is 27.3 Å². The van der Waals surface area contributed by atoms with Crippen molar-refractivity contribution < 1.29 is 9.59 Å². The van der Waals surface area contributed by atoms with E-state index >= 15 is 0 Å². The molecule has 92 valence electrons. The zero-order valence-corrected chi connectivity index (χ0v) is 11.6. The maximum Gasteiger partial charge on any atom is 0.279 e. The van der Waals surface area contributed by atoms with Gasteiger partial charge < -0.3 is 0 Å². The van der Waals surface area contributed by atoms with Crippen LogP contribution in [0.4, 0.5) is 0 Å². The molecule has 1 aromatic heterocycles. The number of carbonyl (C=O) groups excluding carboxylic acids is 2. The number of rotatable bonds is 2. The molecule has 1 fully saturated rings. The topological polar surface area (TPSA) is 58.2 Å². The van der Waals surface area contributed by atoms with Crippen molar-refractivity contribution in [1.82, 2.24) is 10.9 Å². The molecule has 0 bridgehead atoms.